The predicted molar refractivity (Wildman–Crippen MR) is 107 cm³/mol. The van der Waals surface area contributed by atoms with Crippen LogP contribution in [0.1, 0.15) is 25.0 Å². The molecule has 7 heteroatoms. The van der Waals surface area contributed by atoms with Crippen LogP contribution in [-0.2, 0) is 11.2 Å². The fourth-order valence-electron chi connectivity index (χ4n) is 3.25. The van der Waals surface area contributed by atoms with Crippen LogP contribution in [0.25, 0.3) is 0 Å². The maximum absolute atomic E-state index is 11.8. The van der Waals surface area contributed by atoms with Gasteiger partial charge in [-0.1, -0.05) is 25.1 Å². The molecule has 0 unspecified atom stereocenters. The fourth-order valence-corrected chi connectivity index (χ4v) is 3.25. The number of rotatable bonds is 5. The molecule has 1 aromatic carbocycles. The molecule has 1 aromatic heterocycles. The highest BCUT2D eigenvalue weighted by Crippen LogP contribution is 2.26. The number of hydrogen-bond acceptors (Lipinski definition) is 6. The van der Waals surface area contributed by atoms with Crippen molar-refractivity contribution in [1.82, 2.24) is 14.9 Å². The van der Waals surface area contributed by atoms with Gasteiger partial charge in [0, 0.05) is 37.9 Å². The molecule has 0 aliphatic carbocycles. The summed E-state index contributed by atoms with van der Waals surface area (Å²) >= 11 is 0. The fraction of sp³-hybridized carbons (Fsp3) is 0.450. The molecule has 1 saturated heterocycles. The van der Waals surface area contributed by atoms with Gasteiger partial charge in [-0.15, -0.1) is 0 Å². The van der Waals surface area contributed by atoms with Crippen molar-refractivity contribution in [1.29, 1.82) is 0 Å². The summed E-state index contributed by atoms with van der Waals surface area (Å²) in [6.45, 7) is 9.17. The number of para-hydroxylation sites is 1. The summed E-state index contributed by atoms with van der Waals surface area (Å²) in [5.74, 6) is 1.64. The van der Waals surface area contributed by atoms with E-state index in [1.54, 1.807) is 11.2 Å². The van der Waals surface area contributed by atoms with Crippen LogP contribution in [0.4, 0.5) is 22.1 Å². The second-order valence-electron chi connectivity index (χ2n) is 6.52. The Morgan fingerprint density at radius 1 is 1.19 bits per heavy atom. The molecule has 1 N–H and O–H groups in total. The van der Waals surface area contributed by atoms with E-state index in [1.165, 1.54) is 11.1 Å². The van der Waals surface area contributed by atoms with Crippen LogP contribution in [0.5, 0.6) is 0 Å². The number of nitrogens with zero attached hydrogens (tertiary/aromatic N) is 4. The van der Waals surface area contributed by atoms with Crippen molar-refractivity contribution in [3.8, 4) is 0 Å². The summed E-state index contributed by atoms with van der Waals surface area (Å²) in [6, 6.07) is 8.27. The molecule has 0 spiro atoms. The van der Waals surface area contributed by atoms with Gasteiger partial charge in [0.25, 0.3) is 0 Å². The highest BCUT2D eigenvalue weighted by atomic mass is 16.6. The Balaban J connectivity index is 1.69. The zero-order valence-electron chi connectivity index (χ0n) is 16.2. The molecular weight excluding hydrogens is 342 g/mol. The molecule has 144 valence electrons. The van der Waals surface area contributed by atoms with Gasteiger partial charge in [0.1, 0.15) is 18.0 Å². The Morgan fingerprint density at radius 2 is 1.96 bits per heavy atom. The number of nitrogens with one attached hydrogen (secondary N) is 1. The minimum absolute atomic E-state index is 0.242. The van der Waals surface area contributed by atoms with Crippen molar-refractivity contribution < 1.29 is 9.53 Å². The maximum Gasteiger partial charge on any atom is 0.409 e. The number of aromatic nitrogens is 2. The number of carbonyl (C=O) groups is 1. The third-order valence-corrected chi connectivity index (χ3v) is 4.78. The highest BCUT2D eigenvalue weighted by Gasteiger charge is 2.23. The first-order chi connectivity index (χ1) is 13.1. The second kappa shape index (κ2) is 8.70. The van der Waals surface area contributed by atoms with Crippen molar-refractivity contribution in [3.63, 3.8) is 0 Å². The first-order valence-corrected chi connectivity index (χ1v) is 9.46. The Morgan fingerprint density at radius 3 is 2.67 bits per heavy atom. The zero-order chi connectivity index (χ0) is 19.2. The number of hydrogen-bond donors (Lipinski definition) is 1. The molecule has 0 saturated carbocycles. The summed E-state index contributed by atoms with van der Waals surface area (Å²) in [5.41, 5.74) is 3.56. The van der Waals surface area contributed by atoms with Crippen LogP contribution in [0.3, 0.4) is 0 Å². The van der Waals surface area contributed by atoms with E-state index >= 15 is 0 Å². The lowest BCUT2D eigenvalue weighted by molar-refractivity contribution is 0.105. The quantitative estimate of drug-likeness (QED) is 0.871. The van der Waals surface area contributed by atoms with Crippen LogP contribution in [0.15, 0.2) is 30.6 Å². The van der Waals surface area contributed by atoms with Crippen molar-refractivity contribution in [2.75, 3.05) is 43.0 Å². The summed E-state index contributed by atoms with van der Waals surface area (Å²) in [4.78, 5) is 24.5. The predicted octanol–water partition coefficient (Wildman–Crippen LogP) is 3.37. The van der Waals surface area contributed by atoms with Crippen LogP contribution in [-0.4, -0.2) is 53.7 Å². The average Bonchev–Trinajstić information content (AvgIpc) is 2.70. The summed E-state index contributed by atoms with van der Waals surface area (Å²) < 4.78 is 5.07. The van der Waals surface area contributed by atoms with Crippen LogP contribution in [0.2, 0.25) is 0 Å². The first kappa shape index (κ1) is 18.9. The summed E-state index contributed by atoms with van der Waals surface area (Å²) in [6.07, 6.45) is 2.30. The smallest absolute Gasteiger partial charge is 0.409 e. The molecule has 1 aliphatic rings. The van der Waals surface area contributed by atoms with Gasteiger partial charge in [-0.3, -0.25) is 0 Å². The molecular formula is C20H27N5O2. The van der Waals surface area contributed by atoms with Gasteiger partial charge >= 0.3 is 6.09 Å². The van der Waals surface area contributed by atoms with Crippen molar-refractivity contribution >= 4 is 23.4 Å². The molecule has 2 heterocycles. The average molecular weight is 369 g/mol. The number of piperazine rings is 1. The molecule has 27 heavy (non-hydrogen) atoms. The summed E-state index contributed by atoms with van der Waals surface area (Å²) in [7, 11) is 0. The third kappa shape index (κ3) is 4.48. The minimum atomic E-state index is -0.242. The number of ether oxygens (including phenoxy) is 1. The molecule has 1 amide bonds. The van der Waals surface area contributed by atoms with Crippen molar-refractivity contribution in [2.45, 2.75) is 27.2 Å². The number of carbonyl (C=O) groups excluding carboxylic acids is 1. The lowest BCUT2D eigenvalue weighted by atomic mass is 10.1. The highest BCUT2D eigenvalue weighted by molar-refractivity contribution is 5.68. The van der Waals surface area contributed by atoms with E-state index in [0.717, 1.165) is 36.8 Å². The number of benzene rings is 1. The van der Waals surface area contributed by atoms with Crippen molar-refractivity contribution in [2.24, 2.45) is 0 Å². The number of anilines is 3. The Hall–Kier alpha value is -2.83. The summed E-state index contributed by atoms with van der Waals surface area (Å²) in [5, 5.41) is 3.45. The van der Waals surface area contributed by atoms with Crippen molar-refractivity contribution in [3.05, 3.63) is 41.7 Å². The SMILES string of the molecule is CCOC(=O)N1CCN(c2cc(Nc3c(C)cccc3CC)ncn2)CC1. The molecule has 7 nitrogen and oxygen atoms in total. The van der Waals surface area contributed by atoms with Gasteiger partial charge in [0.15, 0.2) is 0 Å². The first-order valence-electron chi connectivity index (χ1n) is 9.46. The number of amides is 1. The second-order valence-corrected chi connectivity index (χ2v) is 6.52. The molecule has 0 radical (unpaired) electrons. The van der Waals surface area contributed by atoms with E-state index in [4.69, 9.17) is 4.74 Å². The van der Waals surface area contributed by atoms with Crippen LogP contribution >= 0.6 is 0 Å². The largest absolute Gasteiger partial charge is 0.450 e. The van der Waals surface area contributed by atoms with Gasteiger partial charge in [0.05, 0.1) is 6.61 Å². The Bertz CT molecular complexity index is 788. The molecule has 0 bridgehead atoms. The molecule has 1 aliphatic heterocycles. The molecule has 2 aromatic rings. The van der Waals surface area contributed by atoms with E-state index in [-0.39, 0.29) is 6.09 Å². The van der Waals surface area contributed by atoms with Gasteiger partial charge in [-0.25, -0.2) is 14.8 Å². The van der Waals surface area contributed by atoms with E-state index in [9.17, 15) is 4.79 Å². The Kier molecular flexibility index (Phi) is 6.11. The Labute approximate surface area is 160 Å². The lowest BCUT2D eigenvalue weighted by Crippen LogP contribution is -2.49. The number of aryl methyl sites for hydroxylation is 2. The molecule has 0 atom stereocenters. The van der Waals surface area contributed by atoms with Gasteiger partial charge < -0.3 is 19.9 Å². The monoisotopic (exact) mass is 369 g/mol. The topological polar surface area (TPSA) is 70.6 Å². The lowest BCUT2D eigenvalue weighted by Gasteiger charge is -2.34. The van der Waals surface area contributed by atoms with Crippen LogP contribution in [0, 0.1) is 6.92 Å². The van der Waals surface area contributed by atoms with Gasteiger partial charge in [-0.2, -0.15) is 0 Å². The van der Waals surface area contributed by atoms with Gasteiger partial charge in [-0.05, 0) is 31.4 Å². The van der Waals surface area contributed by atoms with Gasteiger partial charge in [0.2, 0.25) is 0 Å². The molecule has 1 fully saturated rings. The standard InChI is InChI=1S/C20H27N5O2/c1-4-16-8-6-7-15(3)19(16)23-17-13-18(22-14-21-17)24-9-11-25(12-10-24)20(26)27-5-2/h6-8,13-14H,4-5,9-12H2,1-3H3,(H,21,22,23). The zero-order valence-corrected chi connectivity index (χ0v) is 16.2. The minimum Gasteiger partial charge on any atom is -0.450 e. The molecule has 3 rings (SSSR count). The maximum atomic E-state index is 11.8. The van der Waals surface area contributed by atoms with E-state index in [1.807, 2.05) is 13.0 Å². The normalized spacial score (nSPS) is 14.2. The third-order valence-electron chi connectivity index (χ3n) is 4.78. The van der Waals surface area contributed by atoms with E-state index < -0.39 is 0 Å². The van der Waals surface area contributed by atoms with Crippen LogP contribution < -0.4 is 10.2 Å². The van der Waals surface area contributed by atoms with E-state index in [2.05, 4.69) is 52.2 Å². The van der Waals surface area contributed by atoms with E-state index in [0.29, 0.717) is 19.7 Å².